The quantitative estimate of drug-likeness (QED) is 0.527. The average molecular weight is 445 g/mol. The zero-order valence-electron chi connectivity index (χ0n) is 14.1. The molecular formula is C17H24IN3O3. The van der Waals surface area contributed by atoms with Crippen LogP contribution in [0.4, 0.5) is 0 Å². The Hall–Kier alpha value is -1.64. The second-order valence-electron chi connectivity index (χ2n) is 6.18. The molecule has 0 aliphatic rings. The van der Waals surface area contributed by atoms with Crippen molar-refractivity contribution in [3.63, 3.8) is 0 Å². The Bertz CT molecular complexity index is 587. The zero-order valence-corrected chi connectivity index (χ0v) is 16.3. The molecule has 6 nitrogen and oxygen atoms in total. The number of nitrogens with two attached hydrogens (primary N) is 1. The Morgan fingerprint density at radius 2 is 1.67 bits per heavy atom. The lowest BCUT2D eigenvalue weighted by Gasteiger charge is -2.22. The van der Waals surface area contributed by atoms with Gasteiger partial charge >= 0.3 is 0 Å². The van der Waals surface area contributed by atoms with Crippen LogP contribution in [0.3, 0.4) is 0 Å². The van der Waals surface area contributed by atoms with Gasteiger partial charge in [-0.3, -0.25) is 14.4 Å². The Morgan fingerprint density at radius 1 is 1.08 bits per heavy atom. The summed E-state index contributed by atoms with van der Waals surface area (Å²) in [7, 11) is 0. The molecule has 7 heteroatoms. The van der Waals surface area contributed by atoms with E-state index in [2.05, 4.69) is 33.2 Å². The number of hydrogen-bond donors (Lipinski definition) is 3. The van der Waals surface area contributed by atoms with Crippen LogP contribution >= 0.6 is 22.6 Å². The molecule has 0 saturated carbocycles. The molecular weight excluding hydrogens is 421 g/mol. The van der Waals surface area contributed by atoms with Crippen LogP contribution in [0.1, 0.15) is 32.8 Å². The number of carbonyl (C=O) groups is 3. The maximum Gasteiger partial charge on any atom is 0.243 e. The molecule has 0 radical (unpaired) electrons. The molecule has 1 aromatic rings. The van der Waals surface area contributed by atoms with Crippen LogP contribution in [0.15, 0.2) is 24.3 Å². The van der Waals surface area contributed by atoms with Gasteiger partial charge in [0.05, 0.1) is 0 Å². The summed E-state index contributed by atoms with van der Waals surface area (Å²) in [6.07, 6.45) is 0.799. The molecule has 4 N–H and O–H groups in total. The summed E-state index contributed by atoms with van der Waals surface area (Å²) in [6, 6.07) is 6.14. The lowest BCUT2D eigenvalue weighted by atomic mass is 10.0. The van der Waals surface area contributed by atoms with Crippen LogP contribution in [0.5, 0.6) is 0 Å². The highest BCUT2D eigenvalue weighted by atomic mass is 127. The molecule has 1 rings (SSSR count). The first kappa shape index (κ1) is 20.4. The lowest BCUT2D eigenvalue weighted by Crippen LogP contribution is -2.53. The Morgan fingerprint density at radius 3 is 2.12 bits per heavy atom. The molecule has 0 spiro atoms. The normalized spacial score (nSPS) is 13.2. The highest BCUT2D eigenvalue weighted by molar-refractivity contribution is 14.1. The fraction of sp³-hybridized carbons (Fsp3) is 0.471. The molecule has 0 aliphatic heterocycles. The molecule has 0 bridgehead atoms. The van der Waals surface area contributed by atoms with Crippen LogP contribution in [-0.2, 0) is 20.8 Å². The predicted molar refractivity (Wildman–Crippen MR) is 101 cm³/mol. The monoisotopic (exact) mass is 445 g/mol. The summed E-state index contributed by atoms with van der Waals surface area (Å²) in [5.74, 6) is -1.07. The third-order valence-electron chi connectivity index (χ3n) is 3.41. The van der Waals surface area contributed by atoms with E-state index in [0.29, 0.717) is 12.8 Å². The first-order chi connectivity index (χ1) is 11.2. The van der Waals surface area contributed by atoms with Crippen molar-refractivity contribution in [2.75, 3.05) is 0 Å². The minimum absolute atomic E-state index is 0.218. The van der Waals surface area contributed by atoms with Gasteiger partial charge in [-0.15, -0.1) is 0 Å². The number of amides is 3. The number of primary amides is 1. The molecule has 0 heterocycles. The Kier molecular flexibility index (Phi) is 8.17. The summed E-state index contributed by atoms with van der Waals surface area (Å²) in [4.78, 5) is 35.4. The van der Waals surface area contributed by atoms with Crippen molar-refractivity contribution in [2.45, 2.75) is 45.7 Å². The van der Waals surface area contributed by atoms with Crippen LogP contribution < -0.4 is 16.4 Å². The second-order valence-corrected chi connectivity index (χ2v) is 7.42. The fourth-order valence-electron chi connectivity index (χ4n) is 2.30. The predicted octanol–water partition coefficient (Wildman–Crippen LogP) is 1.35. The molecule has 0 unspecified atom stereocenters. The summed E-state index contributed by atoms with van der Waals surface area (Å²) in [6.45, 7) is 5.27. The number of carbonyl (C=O) groups excluding carboxylic acids is 3. The van der Waals surface area contributed by atoms with Crippen molar-refractivity contribution in [3.05, 3.63) is 33.4 Å². The summed E-state index contributed by atoms with van der Waals surface area (Å²) in [5, 5.41) is 5.28. The van der Waals surface area contributed by atoms with Crippen LogP contribution in [0, 0.1) is 9.49 Å². The van der Waals surface area contributed by atoms with Gasteiger partial charge in [0.1, 0.15) is 12.1 Å². The van der Waals surface area contributed by atoms with E-state index in [4.69, 9.17) is 5.73 Å². The van der Waals surface area contributed by atoms with Crippen molar-refractivity contribution in [1.29, 1.82) is 0 Å². The van der Waals surface area contributed by atoms with Crippen LogP contribution in [0.2, 0.25) is 0 Å². The van der Waals surface area contributed by atoms with E-state index in [0.717, 1.165) is 9.13 Å². The van der Waals surface area contributed by atoms with E-state index < -0.39 is 23.9 Å². The van der Waals surface area contributed by atoms with Gasteiger partial charge in [0.15, 0.2) is 0 Å². The fourth-order valence-corrected chi connectivity index (χ4v) is 2.66. The topological polar surface area (TPSA) is 101 Å². The number of hydrogen-bond acceptors (Lipinski definition) is 3. The van der Waals surface area contributed by atoms with Crippen LogP contribution in [-0.4, -0.2) is 29.8 Å². The number of benzene rings is 1. The molecule has 1 aromatic carbocycles. The third-order valence-corrected chi connectivity index (χ3v) is 4.13. The van der Waals surface area contributed by atoms with E-state index in [1.165, 1.54) is 6.92 Å². The van der Waals surface area contributed by atoms with Gasteiger partial charge < -0.3 is 16.4 Å². The van der Waals surface area contributed by atoms with E-state index in [1.807, 2.05) is 38.1 Å². The average Bonchev–Trinajstić information content (AvgIpc) is 2.46. The smallest absolute Gasteiger partial charge is 0.243 e. The molecule has 3 amide bonds. The minimum Gasteiger partial charge on any atom is -0.368 e. The van der Waals surface area contributed by atoms with Gasteiger partial charge in [-0.05, 0) is 52.6 Å². The molecule has 24 heavy (non-hydrogen) atoms. The molecule has 0 fully saturated rings. The standard InChI is InChI=1S/C17H24IN3O3/c1-10(2)8-15(20-11(3)22)17(24)21-14(16(19)23)9-12-4-6-13(18)7-5-12/h4-7,10,14-15H,8-9H2,1-3H3,(H2,19,23)(H,20,22)(H,21,24)/t14-,15+/m1/s1. The maximum atomic E-state index is 12.4. The summed E-state index contributed by atoms with van der Waals surface area (Å²) >= 11 is 2.19. The van der Waals surface area contributed by atoms with Crippen LogP contribution in [0.25, 0.3) is 0 Å². The highest BCUT2D eigenvalue weighted by Crippen LogP contribution is 2.10. The number of nitrogens with one attached hydrogen (secondary N) is 2. The van der Waals surface area contributed by atoms with E-state index >= 15 is 0 Å². The second kappa shape index (κ2) is 9.61. The van der Waals surface area contributed by atoms with Crippen molar-refractivity contribution in [1.82, 2.24) is 10.6 Å². The Balaban J connectivity index is 2.80. The van der Waals surface area contributed by atoms with Gasteiger partial charge in [0.2, 0.25) is 17.7 Å². The third kappa shape index (κ3) is 7.29. The summed E-state index contributed by atoms with van der Waals surface area (Å²) in [5.41, 5.74) is 6.33. The van der Waals surface area contributed by atoms with Crippen molar-refractivity contribution in [2.24, 2.45) is 11.7 Å². The van der Waals surface area contributed by atoms with Gasteiger partial charge in [-0.1, -0.05) is 26.0 Å². The summed E-state index contributed by atoms with van der Waals surface area (Å²) < 4.78 is 1.08. The van der Waals surface area contributed by atoms with Gasteiger partial charge in [-0.25, -0.2) is 0 Å². The molecule has 0 aliphatic carbocycles. The molecule has 0 aromatic heterocycles. The minimum atomic E-state index is -0.819. The molecule has 0 saturated heterocycles. The largest absolute Gasteiger partial charge is 0.368 e. The number of rotatable bonds is 8. The van der Waals surface area contributed by atoms with E-state index in [1.54, 1.807) is 0 Å². The lowest BCUT2D eigenvalue weighted by molar-refractivity contribution is -0.131. The molecule has 132 valence electrons. The SMILES string of the molecule is CC(=O)N[C@@H](CC(C)C)C(=O)N[C@H](Cc1ccc(I)cc1)C(N)=O. The molecule has 2 atom stereocenters. The van der Waals surface area contributed by atoms with Gasteiger partial charge in [0.25, 0.3) is 0 Å². The first-order valence-electron chi connectivity index (χ1n) is 7.80. The van der Waals surface area contributed by atoms with Gasteiger partial charge in [0, 0.05) is 16.9 Å². The van der Waals surface area contributed by atoms with E-state index in [9.17, 15) is 14.4 Å². The van der Waals surface area contributed by atoms with Crippen molar-refractivity contribution in [3.8, 4) is 0 Å². The maximum absolute atomic E-state index is 12.4. The number of halogens is 1. The van der Waals surface area contributed by atoms with Crippen molar-refractivity contribution >= 4 is 40.3 Å². The highest BCUT2D eigenvalue weighted by Gasteiger charge is 2.25. The van der Waals surface area contributed by atoms with Crippen molar-refractivity contribution < 1.29 is 14.4 Å². The van der Waals surface area contributed by atoms with E-state index in [-0.39, 0.29) is 11.8 Å². The van der Waals surface area contributed by atoms with Gasteiger partial charge in [-0.2, -0.15) is 0 Å². The first-order valence-corrected chi connectivity index (χ1v) is 8.88. The Labute approximate surface area is 156 Å². The zero-order chi connectivity index (χ0) is 18.3.